The zero-order valence-electron chi connectivity index (χ0n) is 11.8. The first kappa shape index (κ1) is 14.9. The first-order chi connectivity index (χ1) is 10.1. The van der Waals surface area contributed by atoms with E-state index >= 15 is 0 Å². The molecule has 0 spiro atoms. The van der Waals surface area contributed by atoms with Crippen molar-refractivity contribution in [1.82, 2.24) is 9.97 Å². The van der Waals surface area contributed by atoms with E-state index in [1.54, 1.807) is 4.90 Å². The second kappa shape index (κ2) is 6.33. The molecule has 1 aromatic heterocycles. The van der Waals surface area contributed by atoms with Gasteiger partial charge in [0.1, 0.15) is 12.4 Å². The lowest BCUT2D eigenvalue weighted by Gasteiger charge is -2.23. The molecule has 2 rings (SSSR count). The molecule has 21 heavy (non-hydrogen) atoms. The minimum Gasteiger partial charge on any atom is -0.368 e. The molecule has 1 amide bonds. The van der Waals surface area contributed by atoms with Crippen LogP contribution in [-0.2, 0) is 4.79 Å². The average Bonchev–Trinajstić information content (AvgIpc) is 2.93. The number of nitrogens with zero attached hydrogens (tertiary/aromatic N) is 4. The van der Waals surface area contributed by atoms with E-state index in [4.69, 9.17) is 5.73 Å². The molecule has 1 aromatic rings. The number of anilines is 2. The number of nitrogens with one attached hydrogen (secondary N) is 1. The van der Waals surface area contributed by atoms with Gasteiger partial charge in [-0.3, -0.25) is 14.9 Å². The second-order valence-corrected chi connectivity index (χ2v) is 4.83. The minimum absolute atomic E-state index is 0.148. The normalized spacial score (nSPS) is 17.8. The number of nitro groups is 1. The van der Waals surface area contributed by atoms with Crippen molar-refractivity contribution in [2.24, 2.45) is 5.73 Å². The van der Waals surface area contributed by atoms with Crippen LogP contribution in [0.2, 0.25) is 0 Å². The van der Waals surface area contributed by atoms with Crippen LogP contribution in [0.4, 0.5) is 17.3 Å². The predicted octanol–water partition coefficient (Wildman–Crippen LogP) is 0.661. The maximum atomic E-state index is 11.5. The third-order valence-corrected chi connectivity index (χ3v) is 3.38. The van der Waals surface area contributed by atoms with Crippen molar-refractivity contribution in [2.75, 3.05) is 23.3 Å². The van der Waals surface area contributed by atoms with Crippen molar-refractivity contribution < 1.29 is 9.72 Å². The van der Waals surface area contributed by atoms with Crippen molar-refractivity contribution >= 4 is 23.2 Å². The Bertz CT molecular complexity index is 550. The minimum atomic E-state index is -0.558. The van der Waals surface area contributed by atoms with Gasteiger partial charge in [0.05, 0.1) is 4.92 Å². The zero-order valence-corrected chi connectivity index (χ0v) is 11.8. The highest BCUT2D eigenvalue weighted by Gasteiger charge is 2.36. The molecule has 114 valence electrons. The lowest BCUT2D eigenvalue weighted by atomic mass is 10.2. The van der Waals surface area contributed by atoms with Gasteiger partial charge in [-0.25, -0.2) is 9.97 Å². The van der Waals surface area contributed by atoms with Crippen LogP contribution in [0.25, 0.3) is 0 Å². The van der Waals surface area contributed by atoms with Crippen LogP contribution in [0.3, 0.4) is 0 Å². The summed E-state index contributed by atoms with van der Waals surface area (Å²) in [5.41, 5.74) is 5.15. The smallest absolute Gasteiger partial charge is 0.353 e. The van der Waals surface area contributed by atoms with Gasteiger partial charge in [-0.1, -0.05) is 6.92 Å². The molecule has 2 heterocycles. The van der Waals surface area contributed by atoms with E-state index in [0.717, 1.165) is 12.8 Å². The van der Waals surface area contributed by atoms with Gasteiger partial charge in [-0.15, -0.1) is 0 Å². The molecule has 0 radical (unpaired) electrons. The fourth-order valence-corrected chi connectivity index (χ4v) is 2.44. The first-order valence-electron chi connectivity index (χ1n) is 6.85. The summed E-state index contributed by atoms with van der Waals surface area (Å²) in [6.45, 7) is 3.03. The maximum absolute atomic E-state index is 11.5. The molecule has 1 aliphatic rings. The Hall–Kier alpha value is -2.45. The molecule has 0 bridgehead atoms. The van der Waals surface area contributed by atoms with Gasteiger partial charge in [0.15, 0.2) is 0 Å². The number of carbonyl (C=O) groups excluding carboxylic acids is 1. The lowest BCUT2D eigenvalue weighted by Crippen LogP contribution is -2.41. The number of hydrogen-bond donors (Lipinski definition) is 2. The van der Waals surface area contributed by atoms with E-state index in [9.17, 15) is 14.9 Å². The number of amides is 1. The molecule has 9 nitrogen and oxygen atoms in total. The molecule has 1 atom stereocenters. The number of rotatable bonds is 6. The lowest BCUT2D eigenvalue weighted by molar-refractivity contribution is -0.383. The SMILES string of the molecule is CCCNc1ncnc(N2CCCC2C(N)=O)c1[N+](=O)[O-]. The zero-order chi connectivity index (χ0) is 15.4. The van der Waals surface area contributed by atoms with Crippen molar-refractivity contribution in [2.45, 2.75) is 32.2 Å². The summed E-state index contributed by atoms with van der Waals surface area (Å²) in [7, 11) is 0. The first-order valence-corrected chi connectivity index (χ1v) is 6.85. The molecule has 1 unspecified atom stereocenters. The van der Waals surface area contributed by atoms with Gasteiger partial charge in [0.25, 0.3) is 0 Å². The number of primary amides is 1. The highest BCUT2D eigenvalue weighted by atomic mass is 16.6. The average molecular weight is 294 g/mol. The molecule has 1 fully saturated rings. The summed E-state index contributed by atoms with van der Waals surface area (Å²) in [5, 5.41) is 14.3. The van der Waals surface area contributed by atoms with Crippen molar-refractivity contribution in [1.29, 1.82) is 0 Å². The fraction of sp³-hybridized carbons (Fsp3) is 0.583. The van der Waals surface area contributed by atoms with E-state index in [1.807, 2.05) is 6.92 Å². The van der Waals surface area contributed by atoms with E-state index < -0.39 is 16.9 Å². The van der Waals surface area contributed by atoms with Gasteiger partial charge >= 0.3 is 5.69 Å². The molecular weight excluding hydrogens is 276 g/mol. The van der Waals surface area contributed by atoms with Crippen molar-refractivity contribution in [3.63, 3.8) is 0 Å². The van der Waals surface area contributed by atoms with Crippen LogP contribution in [0.15, 0.2) is 6.33 Å². The molecule has 0 saturated carbocycles. The third-order valence-electron chi connectivity index (χ3n) is 3.38. The monoisotopic (exact) mass is 294 g/mol. The molecule has 0 aromatic carbocycles. The number of hydrogen-bond acceptors (Lipinski definition) is 7. The van der Waals surface area contributed by atoms with Crippen LogP contribution < -0.4 is 16.0 Å². The van der Waals surface area contributed by atoms with Crippen molar-refractivity contribution in [3.05, 3.63) is 16.4 Å². The van der Waals surface area contributed by atoms with Gasteiger partial charge < -0.3 is 16.0 Å². The summed E-state index contributed by atoms with van der Waals surface area (Å²) in [6.07, 6.45) is 3.39. The van der Waals surface area contributed by atoms with E-state index in [1.165, 1.54) is 6.33 Å². The Labute approximate surface area is 121 Å². The Kier molecular flexibility index (Phi) is 4.51. The highest BCUT2D eigenvalue weighted by Crippen LogP contribution is 2.35. The summed E-state index contributed by atoms with van der Waals surface area (Å²) < 4.78 is 0. The largest absolute Gasteiger partial charge is 0.368 e. The fourth-order valence-electron chi connectivity index (χ4n) is 2.44. The molecule has 1 aliphatic heterocycles. The molecule has 3 N–H and O–H groups in total. The van der Waals surface area contributed by atoms with Crippen LogP contribution in [-0.4, -0.2) is 39.9 Å². The van der Waals surface area contributed by atoms with Crippen LogP contribution >= 0.6 is 0 Å². The number of carbonyl (C=O) groups is 1. The maximum Gasteiger partial charge on any atom is 0.353 e. The third kappa shape index (κ3) is 3.01. The topological polar surface area (TPSA) is 127 Å². The van der Waals surface area contributed by atoms with E-state index in [0.29, 0.717) is 19.5 Å². The summed E-state index contributed by atoms with van der Waals surface area (Å²) >= 11 is 0. The van der Waals surface area contributed by atoms with Crippen LogP contribution in [0.5, 0.6) is 0 Å². The Morgan fingerprint density at radius 1 is 1.62 bits per heavy atom. The number of nitrogens with two attached hydrogens (primary N) is 1. The summed E-state index contributed by atoms with van der Waals surface area (Å²) in [4.78, 5) is 31.9. The molecule has 1 saturated heterocycles. The van der Waals surface area contributed by atoms with Gasteiger partial charge in [-0.2, -0.15) is 0 Å². The standard InChI is InChI=1S/C12H18N6O3/c1-2-5-14-11-9(18(20)21)12(16-7-15-11)17-6-3-4-8(17)10(13)19/h7-8H,2-6H2,1H3,(H2,13,19)(H,14,15,16). The summed E-state index contributed by atoms with van der Waals surface area (Å²) in [5.74, 6) is -0.180. The molecular formula is C12H18N6O3. The Morgan fingerprint density at radius 3 is 3.00 bits per heavy atom. The van der Waals surface area contributed by atoms with Crippen LogP contribution in [0, 0.1) is 10.1 Å². The quantitative estimate of drug-likeness (QED) is 0.582. The Morgan fingerprint density at radius 2 is 2.38 bits per heavy atom. The van der Waals surface area contributed by atoms with Gasteiger partial charge in [-0.05, 0) is 19.3 Å². The summed E-state index contributed by atoms with van der Waals surface area (Å²) in [6, 6.07) is -0.558. The Balaban J connectivity index is 2.42. The van der Waals surface area contributed by atoms with Crippen molar-refractivity contribution in [3.8, 4) is 0 Å². The number of aromatic nitrogens is 2. The molecule has 9 heteroatoms. The van der Waals surface area contributed by atoms with Gasteiger partial charge in [0.2, 0.25) is 17.5 Å². The second-order valence-electron chi connectivity index (χ2n) is 4.83. The van der Waals surface area contributed by atoms with E-state index in [-0.39, 0.29) is 17.3 Å². The highest BCUT2D eigenvalue weighted by molar-refractivity contribution is 5.85. The van der Waals surface area contributed by atoms with E-state index in [2.05, 4.69) is 15.3 Å². The predicted molar refractivity (Wildman–Crippen MR) is 77.0 cm³/mol. The van der Waals surface area contributed by atoms with Crippen LogP contribution in [0.1, 0.15) is 26.2 Å². The molecule has 0 aliphatic carbocycles. The van der Waals surface area contributed by atoms with Gasteiger partial charge in [0, 0.05) is 13.1 Å².